The molecule has 0 radical (unpaired) electrons. The molecular weight excluding hydrogens is 264 g/mol. The molecule has 1 aliphatic rings. The Morgan fingerprint density at radius 3 is 2.30 bits per heavy atom. The largest absolute Gasteiger partial charge is 0.539 e. The predicted octanol–water partition coefficient (Wildman–Crippen LogP) is -2.45. The lowest BCUT2D eigenvalue weighted by Gasteiger charge is -2.31. The summed E-state index contributed by atoms with van der Waals surface area (Å²) in [5.41, 5.74) is 1.14. The number of hydrogen-bond donors (Lipinski definition) is 3. The predicted molar refractivity (Wildman–Crippen MR) is 69.6 cm³/mol. The van der Waals surface area contributed by atoms with Gasteiger partial charge >= 0.3 is 5.97 Å². The SMILES string of the molecule is C[NH+]1CCN(c2cccc(O)c2)CC1.O=C([O-])C(=O)O. The van der Waals surface area contributed by atoms with Gasteiger partial charge in [0.05, 0.1) is 33.2 Å². The molecule has 2 rings (SSSR count). The van der Waals surface area contributed by atoms with E-state index in [1.807, 2.05) is 12.1 Å². The van der Waals surface area contributed by atoms with Crippen LogP contribution >= 0.6 is 0 Å². The molecule has 3 N–H and O–H groups in total. The van der Waals surface area contributed by atoms with Crippen LogP contribution in [0.25, 0.3) is 0 Å². The monoisotopic (exact) mass is 282 g/mol. The Balaban J connectivity index is 0.000000286. The van der Waals surface area contributed by atoms with Crippen molar-refractivity contribution in [2.24, 2.45) is 0 Å². The third-order valence-corrected chi connectivity index (χ3v) is 2.99. The van der Waals surface area contributed by atoms with Crippen LogP contribution in [-0.2, 0) is 9.59 Å². The number of aromatic hydroxyl groups is 1. The molecule has 20 heavy (non-hydrogen) atoms. The Hall–Kier alpha value is -2.28. The molecule has 1 fully saturated rings. The van der Waals surface area contributed by atoms with Crippen LogP contribution in [0.2, 0.25) is 0 Å². The zero-order valence-electron chi connectivity index (χ0n) is 11.2. The molecule has 0 unspecified atom stereocenters. The lowest BCUT2D eigenvalue weighted by Crippen LogP contribution is -3.12. The summed E-state index contributed by atoms with van der Waals surface area (Å²) in [6.45, 7) is 4.51. The zero-order chi connectivity index (χ0) is 15.1. The van der Waals surface area contributed by atoms with Gasteiger partial charge in [-0.05, 0) is 12.1 Å². The van der Waals surface area contributed by atoms with Gasteiger partial charge in [0, 0.05) is 11.8 Å². The number of rotatable bonds is 1. The van der Waals surface area contributed by atoms with Gasteiger partial charge in [-0.15, -0.1) is 0 Å². The highest BCUT2D eigenvalue weighted by Gasteiger charge is 2.16. The molecule has 0 saturated carbocycles. The normalized spacial score (nSPS) is 15.2. The second-order valence-electron chi connectivity index (χ2n) is 4.56. The van der Waals surface area contributed by atoms with Gasteiger partial charge in [-0.25, -0.2) is 4.79 Å². The zero-order valence-corrected chi connectivity index (χ0v) is 11.2. The summed E-state index contributed by atoms with van der Waals surface area (Å²) in [4.78, 5) is 21.9. The van der Waals surface area contributed by atoms with Gasteiger partial charge in [-0.1, -0.05) is 6.07 Å². The van der Waals surface area contributed by atoms with Crippen LogP contribution < -0.4 is 14.9 Å². The maximum Gasteiger partial charge on any atom is 0.351 e. The van der Waals surface area contributed by atoms with E-state index in [0.29, 0.717) is 5.75 Å². The average Bonchev–Trinajstić information content (AvgIpc) is 2.40. The number of carbonyl (C=O) groups is 2. The van der Waals surface area contributed by atoms with Gasteiger partial charge in [-0.3, -0.25) is 0 Å². The van der Waals surface area contributed by atoms with Crippen molar-refractivity contribution in [1.29, 1.82) is 0 Å². The minimum atomic E-state index is -2.07. The van der Waals surface area contributed by atoms with E-state index in [0.717, 1.165) is 18.8 Å². The molecule has 1 aromatic rings. The summed E-state index contributed by atoms with van der Waals surface area (Å²) >= 11 is 0. The highest BCUT2D eigenvalue weighted by molar-refractivity contribution is 6.26. The number of nitrogens with zero attached hydrogens (tertiary/aromatic N) is 1. The molecule has 1 saturated heterocycles. The molecule has 110 valence electrons. The van der Waals surface area contributed by atoms with E-state index in [9.17, 15) is 5.11 Å². The molecule has 1 heterocycles. The number of nitrogens with one attached hydrogen (secondary N) is 1. The highest BCUT2D eigenvalue weighted by atomic mass is 16.4. The fourth-order valence-electron chi connectivity index (χ4n) is 1.84. The molecule has 0 amide bonds. The number of carboxylic acids is 2. The smallest absolute Gasteiger partial charge is 0.351 e. The maximum atomic E-state index is 9.36. The standard InChI is InChI=1S/C11H16N2O.C2H2O4/c1-12-5-7-13(8-6-12)10-3-2-4-11(14)9-10;3-1(4)2(5)6/h2-4,9,14H,5-8H2,1H3;(H,3,4)(H,5,6). The average molecular weight is 282 g/mol. The van der Waals surface area contributed by atoms with Crippen LogP contribution in [0.15, 0.2) is 24.3 Å². The van der Waals surface area contributed by atoms with Crippen LogP contribution in [-0.4, -0.2) is 55.4 Å². The van der Waals surface area contributed by atoms with E-state index in [1.54, 1.807) is 11.0 Å². The number of phenolic OH excluding ortho intramolecular Hbond substituents is 1. The van der Waals surface area contributed by atoms with Crippen LogP contribution in [0.1, 0.15) is 0 Å². The van der Waals surface area contributed by atoms with Crippen LogP contribution in [0.4, 0.5) is 5.69 Å². The summed E-state index contributed by atoms with van der Waals surface area (Å²) in [7, 11) is 2.22. The van der Waals surface area contributed by atoms with Gasteiger partial charge in [0.15, 0.2) is 5.97 Å². The Morgan fingerprint density at radius 1 is 1.30 bits per heavy atom. The van der Waals surface area contributed by atoms with Gasteiger partial charge in [0.25, 0.3) is 0 Å². The number of benzene rings is 1. The lowest BCUT2D eigenvalue weighted by molar-refractivity contribution is -0.880. The van der Waals surface area contributed by atoms with Gasteiger partial charge in [-0.2, -0.15) is 0 Å². The van der Waals surface area contributed by atoms with E-state index < -0.39 is 11.9 Å². The second-order valence-corrected chi connectivity index (χ2v) is 4.56. The number of hydrogen-bond acceptors (Lipinski definition) is 5. The molecule has 7 nitrogen and oxygen atoms in total. The van der Waals surface area contributed by atoms with Crippen LogP contribution in [0, 0.1) is 0 Å². The van der Waals surface area contributed by atoms with Crippen LogP contribution in [0.5, 0.6) is 5.75 Å². The number of carbonyl (C=O) groups excluding carboxylic acids is 1. The van der Waals surface area contributed by atoms with Gasteiger partial charge in [0.2, 0.25) is 0 Å². The molecule has 1 aromatic carbocycles. The Labute approximate surface area is 116 Å². The van der Waals surface area contributed by atoms with Crippen molar-refractivity contribution in [3.63, 3.8) is 0 Å². The van der Waals surface area contributed by atoms with E-state index in [4.69, 9.17) is 19.8 Å². The lowest BCUT2D eigenvalue weighted by atomic mass is 10.2. The molecule has 0 spiro atoms. The Morgan fingerprint density at radius 2 is 1.85 bits per heavy atom. The van der Waals surface area contributed by atoms with Crippen molar-refractivity contribution in [3.8, 4) is 5.75 Å². The summed E-state index contributed by atoms with van der Waals surface area (Å²) in [6, 6.07) is 7.50. The number of phenols is 1. The quantitative estimate of drug-likeness (QED) is 0.494. The van der Waals surface area contributed by atoms with Crippen molar-refractivity contribution in [3.05, 3.63) is 24.3 Å². The number of anilines is 1. The number of piperazine rings is 1. The highest BCUT2D eigenvalue weighted by Crippen LogP contribution is 2.19. The molecule has 0 atom stereocenters. The molecule has 1 aliphatic heterocycles. The number of aliphatic carboxylic acids is 2. The minimum Gasteiger partial charge on any atom is -0.539 e. The van der Waals surface area contributed by atoms with Gasteiger partial charge < -0.3 is 29.9 Å². The first kappa shape index (κ1) is 15.8. The topological polar surface area (TPSA) is 105 Å². The summed E-state index contributed by atoms with van der Waals surface area (Å²) in [6.07, 6.45) is 0. The fraction of sp³-hybridized carbons (Fsp3) is 0.385. The number of quaternary nitrogens is 1. The summed E-state index contributed by atoms with van der Waals surface area (Å²) in [5.74, 6) is -3.65. The number of carboxylic acid groups (broad SMARTS) is 2. The molecule has 7 heteroatoms. The second kappa shape index (κ2) is 7.34. The third-order valence-electron chi connectivity index (χ3n) is 2.99. The van der Waals surface area contributed by atoms with Crippen molar-refractivity contribution >= 4 is 17.6 Å². The third kappa shape index (κ3) is 5.15. The van der Waals surface area contributed by atoms with Crippen molar-refractivity contribution in [2.75, 3.05) is 38.1 Å². The first-order valence-corrected chi connectivity index (χ1v) is 6.19. The van der Waals surface area contributed by atoms with E-state index in [2.05, 4.69) is 18.0 Å². The van der Waals surface area contributed by atoms with Crippen molar-refractivity contribution < 1.29 is 29.8 Å². The molecule has 0 aliphatic carbocycles. The maximum absolute atomic E-state index is 9.36. The molecular formula is C13H18N2O5. The molecule has 0 aromatic heterocycles. The summed E-state index contributed by atoms with van der Waals surface area (Å²) in [5, 5.41) is 25.7. The van der Waals surface area contributed by atoms with E-state index >= 15 is 0 Å². The van der Waals surface area contributed by atoms with Crippen LogP contribution in [0.3, 0.4) is 0 Å². The van der Waals surface area contributed by atoms with E-state index in [-0.39, 0.29) is 0 Å². The Bertz CT molecular complexity index is 458. The van der Waals surface area contributed by atoms with Crippen molar-refractivity contribution in [2.45, 2.75) is 0 Å². The summed E-state index contributed by atoms with van der Waals surface area (Å²) < 4.78 is 0. The first-order valence-electron chi connectivity index (χ1n) is 6.19. The van der Waals surface area contributed by atoms with Crippen molar-refractivity contribution in [1.82, 2.24) is 0 Å². The fourth-order valence-corrected chi connectivity index (χ4v) is 1.84. The molecule has 0 bridgehead atoms. The van der Waals surface area contributed by atoms with Gasteiger partial charge in [0.1, 0.15) is 5.75 Å². The minimum absolute atomic E-state index is 0.355. The first-order chi connectivity index (χ1) is 9.40. The Kier molecular flexibility index (Phi) is 5.79. The van der Waals surface area contributed by atoms with E-state index in [1.165, 1.54) is 13.1 Å². The number of likely N-dealkylation sites (N-methyl/N-ethyl adjacent to an activating group) is 1.